The zero-order valence-corrected chi connectivity index (χ0v) is 8.27. The monoisotopic (exact) mass is 193 g/mol. The van der Waals surface area contributed by atoms with E-state index in [4.69, 9.17) is 15.5 Å². The van der Waals surface area contributed by atoms with E-state index in [0.717, 1.165) is 11.3 Å². The molecule has 3 heteroatoms. The number of benzene rings is 1. The molecule has 0 aromatic heterocycles. The van der Waals surface area contributed by atoms with Gasteiger partial charge in [0.1, 0.15) is 11.9 Å². The molecule has 0 aliphatic heterocycles. The highest BCUT2D eigenvalue weighted by Gasteiger charge is 2.08. The van der Waals surface area contributed by atoms with Gasteiger partial charge >= 0.3 is 0 Å². The van der Waals surface area contributed by atoms with E-state index < -0.39 is 0 Å². The van der Waals surface area contributed by atoms with Crippen molar-refractivity contribution < 1.29 is 9.57 Å². The number of hydrogen-bond acceptors (Lipinski definition) is 3. The summed E-state index contributed by atoms with van der Waals surface area (Å²) in [5.41, 5.74) is 1.02. The zero-order valence-electron chi connectivity index (χ0n) is 8.27. The first-order valence-electron chi connectivity index (χ1n) is 4.42. The largest absolute Gasteiger partial charge is 0.497 e. The molecule has 0 saturated carbocycles. The molecule has 0 bridgehead atoms. The second-order valence-corrected chi connectivity index (χ2v) is 2.92. The van der Waals surface area contributed by atoms with E-state index in [2.05, 4.69) is 6.58 Å². The minimum atomic E-state index is -0.126. The third-order valence-electron chi connectivity index (χ3n) is 2.03. The van der Waals surface area contributed by atoms with Crippen LogP contribution in [0.1, 0.15) is 18.1 Å². The van der Waals surface area contributed by atoms with Crippen molar-refractivity contribution in [1.29, 1.82) is 0 Å². The molecule has 0 spiro atoms. The van der Waals surface area contributed by atoms with Crippen LogP contribution >= 0.6 is 0 Å². The molecule has 0 fully saturated rings. The Hall–Kier alpha value is -1.32. The summed E-state index contributed by atoms with van der Waals surface area (Å²) in [7, 11) is 1.63. The van der Waals surface area contributed by atoms with Crippen LogP contribution in [0.15, 0.2) is 36.9 Å². The number of hydrogen-bond donors (Lipinski definition) is 1. The number of nitrogens with two attached hydrogens (primary N) is 1. The van der Waals surface area contributed by atoms with Gasteiger partial charge in [-0.05, 0) is 24.1 Å². The number of ether oxygens (including phenoxy) is 1. The van der Waals surface area contributed by atoms with E-state index in [0.29, 0.717) is 6.42 Å². The van der Waals surface area contributed by atoms with E-state index in [1.807, 2.05) is 24.3 Å². The average Bonchev–Trinajstić information content (AvgIpc) is 2.26. The fourth-order valence-corrected chi connectivity index (χ4v) is 1.24. The molecule has 0 amide bonds. The smallest absolute Gasteiger partial charge is 0.118 e. The standard InChI is InChI=1S/C11H15NO2/c1-3-4-11(14-12)9-5-7-10(13-2)8-6-9/h3,5-8,11H,1,4,12H2,2H3/t11-/m1/s1. The van der Waals surface area contributed by atoms with Crippen LogP contribution in [-0.2, 0) is 4.84 Å². The normalized spacial score (nSPS) is 12.1. The van der Waals surface area contributed by atoms with Gasteiger partial charge in [-0.3, -0.25) is 4.84 Å². The lowest BCUT2D eigenvalue weighted by atomic mass is 10.1. The summed E-state index contributed by atoms with van der Waals surface area (Å²) in [6.45, 7) is 3.65. The third kappa shape index (κ3) is 2.58. The lowest BCUT2D eigenvalue weighted by Crippen LogP contribution is -2.08. The van der Waals surface area contributed by atoms with Gasteiger partial charge in [0, 0.05) is 0 Å². The Balaban J connectivity index is 2.77. The molecule has 0 heterocycles. The molecule has 0 unspecified atom stereocenters. The molecule has 14 heavy (non-hydrogen) atoms. The fourth-order valence-electron chi connectivity index (χ4n) is 1.24. The summed E-state index contributed by atoms with van der Waals surface area (Å²) in [6, 6.07) is 7.62. The van der Waals surface area contributed by atoms with Gasteiger partial charge in [0.15, 0.2) is 0 Å². The summed E-state index contributed by atoms with van der Waals surface area (Å²) < 4.78 is 5.05. The van der Waals surface area contributed by atoms with E-state index >= 15 is 0 Å². The first-order chi connectivity index (χ1) is 6.81. The van der Waals surface area contributed by atoms with Gasteiger partial charge in [0.05, 0.1) is 7.11 Å². The van der Waals surface area contributed by atoms with Crippen molar-refractivity contribution in [2.24, 2.45) is 5.90 Å². The maximum Gasteiger partial charge on any atom is 0.118 e. The lowest BCUT2D eigenvalue weighted by molar-refractivity contribution is 0.0549. The van der Waals surface area contributed by atoms with Gasteiger partial charge in [0.25, 0.3) is 0 Å². The van der Waals surface area contributed by atoms with Crippen LogP contribution in [0.5, 0.6) is 5.75 Å². The molecule has 1 atom stereocenters. The van der Waals surface area contributed by atoms with Crippen LogP contribution in [0.25, 0.3) is 0 Å². The molecule has 0 radical (unpaired) electrons. The van der Waals surface area contributed by atoms with Crippen molar-refractivity contribution in [3.63, 3.8) is 0 Å². The predicted molar refractivity (Wildman–Crippen MR) is 55.8 cm³/mol. The molecule has 0 aliphatic carbocycles. The Morgan fingerprint density at radius 1 is 1.43 bits per heavy atom. The molecular weight excluding hydrogens is 178 g/mol. The summed E-state index contributed by atoms with van der Waals surface area (Å²) >= 11 is 0. The minimum absolute atomic E-state index is 0.126. The van der Waals surface area contributed by atoms with Crippen molar-refractivity contribution >= 4 is 0 Å². The van der Waals surface area contributed by atoms with Crippen LogP contribution in [0.4, 0.5) is 0 Å². The van der Waals surface area contributed by atoms with Crippen LogP contribution < -0.4 is 10.6 Å². The van der Waals surface area contributed by atoms with Gasteiger partial charge < -0.3 is 4.74 Å². The minimum Gasteiger partial charge on any atom is -0.497 e. The van der Waals surface area contributed by atoms with Crippen molar-refractivity contribution in [3.05, 3.63) is 42.5 Å². The Morgan fingerprint density at radius 2 is 2.07 bits per heavy atom. The highest BCUT2D eigenvalue weighted by Crippen LogP contribution is 2.22. The van der Waals surface area contributed by atoms with Crippen molar-refractivity contribution in [1.82, 2.24) is 0 Å². The predicted octanol–water partition coefficient (Wildman–Crippen LogP) is 2.20. The quantitative estimate of drug-likeness (QED) is 0.576. The molecule has 0 aliphatic rings. The van der Waals surface area contributed by atoms with Crippen molar-refractivity contribution in [2.45, 2.75) is 12.5 Å². The maximum absolute atomic E-state index is 5.18. The molecule has 1 aromatic rings. The first-order valence-corrected chi connectivity index (χ1v) is 4.42. The van der Waals surface area contributed by atoms with Crippen LogP contribution in [0.2, 0.25) is 0 Å². The van der Waals surface area contributed by atoms with Crippen LogP contribution in [-0.4, -0.2) is 7.11 Å². The highest BCUT2D eigenvalue weighted by molar-refractivity contribution is 5.28. The lowest BCUT2D eigenvalue weighted by Gasteiger charge is -2.12. The molecular formula is C11H15NO2. The van der Waals surface area contributed by atoms with Gasteiger partial charge in [-0.1, -0.05) is 18.2 Å². The molecule has 3 nitrogen and oxygen atoms in total. The summed E-state index contributed by atoms with van der Waals surface area (Å²) in [4.78, 5) is 4.84. The van der Waals surface area contributed by atoms with E-state index in [1.165, 1.54) is 0 Å². The van der Waals surface area contributed by atoms with Gasteiger partial charge in [-0.25, -0.2) is 5.90 Å². The molecule has 1 aromatic carbocycles. The zero-order chi connectivity index (χ0) is 10.4. The highest BCUT2D eigenvalue weighted by atomic mass is 16.6. The number of methoxy groups -OCH3 is 1. The van der Waals surface area contributed by atoms with E-state index in [9.17, 15) is 0 Å². The van der Waals surface area contributed by atoms with Gasteiger partial charge in [-0.2, -0.15) is 0 Å². The Labute approximate surface area is 84.1 Å². The van der Waals surface area contributed by atoms with Gasteiger partial charge in [0.2, 0.25) is 0 Å². The van der Waals surface area contributed by atoms with E-state index in [1.54, 1.807) is 13.2 Å². The molecule has 0 saturated heterocycles. The summed E-state index contributed by atoms with van der Waals surface area (Å²) in [5.74, 6) is 6.00. The van der Waals surface area contributed by atoms with E-state index in [-0.39, 0.29) is 6.10 Å². The topological polar surface area (TPSA) is 44.5 Å². The Bertz CT molecular complexity index is 282. The second-order valence-electron chi connectivity index (χ2n) is 2.92. The van der Waals surface area contributed by atoms with Crippen LogP contribution in [0.3, 0.4) is 0 Å². The average molecular weight is 193 g/mol. The van der Waals surface area contributed by atoms with Crippen molar-refractivity contribution in [3.8, 4) is 5.75 Å². The first kappa shape index (κ1) is 10.8. The Kier molecular flexibility index (Phi) is 4.16. The third-order valence-corrected chi connectivity index (χ3v) is 2.03. The Morgan fingerprint density at radius 3 is 2.50 bits per heavy atom. The summed E-state index contributed by atoms with van der Waals surface area (Å²) in [5, 5.41) is 0. The number of rotatable bonds is 5. The molecule has 76 valence electrons. The van der Waals surface area contributed by atoms with Gasteiger partial charge in [-0.15, -0.1) is 6.58 Å². The summed E-state index contributed by atoms with van der Waals surface area (Å²) in [6.07, 6.45) is 2.35. The molecule has 1 rings (SSSR count). The second kappa shape index (κ2) is 5.42. The van der Waals surface area contributed by atoms with Crippen LogP contribution in [0, 0.1) is 0 Å². The molecule has 2 N–H and O–H groups in total. The van der Waals surface area contributed by atoms with Crippen molar-refractivity contribution in [2.75, 3.05) is 7.11 Å². The maximum atomic E-state index is 5.18. The fraction of sp³-hybridized carbons (Fsp3) is 0.273. The SMILES string of the molecule is C=CC[C@@H](ON)c1ccc(OC)cc1.